The number of amides is 1. The quantitative estimate of drug-likeness (QED) is 0.885. The molecular formula is C11H11BrN2O4. The van der Waals surface area contributed by atoms with Gasteiger partial charge in [0.15, 0.2) is 17.7 Å². The highest BCUT2D eigenvalue weighted by Crippen LogP contribution is 2.32. The first-order valence-corrected chi connectivity index (χ1v) is 6.18. The molecule has 2 N–H and O–H groups in total. The molecule has 0 aromatic carbocycles. The van der Waals surface area contributed by atoms with Gasteiger partial charge in [-0.25, -0.2) is 4.98 Å². The summed E-state index contributed by atoms with van der Waals surface area (Å²) in [5.74, 6) is -1.74. The largest absolute Gasteiger partial charge is 0.481 e. The lowest BCUT2D eigenvalue weighted by molar-refractivity contribution is -0.149. The van der Waals surface area contributed by atoms with Crippen LogP contribution in [0.2, 0.25) is 0 Å². The summed E-state index contributed by atoms with van der Waals surface area (Å²) in [7, 11) is 0. The van der Waals surface area contributed by atoms with Gasteiger partial charge in [-0.3, -0.25) is 9.59 Å². The Bertz CT molecular complexity index is 506. The zero-order chi connectivity index (χ0) is 13.3. The van der Waals surface area contributed by atoms with Gasteiger partial charge in [-0.05, 0) is 28.4 Å². The van der Waals surface area contributed by atoms with E-state index in [1.165, 1.54) is 6.20 Å². The molecule has 1 aliphatic rings. The molecule has 1 amide bonds. The molecule has 18 heavy (non-hydrogen) atoms. The van der Waals surface area contributed by atoms with Gasteiger partial charge in [0.05, 0.1) is 0 Å². The van der Waals surface area contributed by atoms with Gasteiger partial charge in [-0.1, -0.05) is 6.92 Å². The molecule has 0 bridgehead atoms. The highest BCUT2D eigenvalue weighted by atomic mass is 79.9. The smallest absolute Gasteiger partial charge is 0.310 e. The Kier molecular flexibility index (Phi) is 3.51. The fraction of sp³-hybridized carbons (Fsp3) is 0.364. The molecule has 0 fully saturated rings. The van der Waals surface area contributed by atoms with E-state index in [1.807, 2.05) is 0 Å². The Balaban J connectivity index is 2.32. The number of aliphatic carboxylic acids is 1. The molecule has 0 saturated carbocycles. The number of ether oxygens (including phenoxy) is 1. The zero-order valence-electron chi connectivity index (χ0n) is 9.51. The molecule has 2 rings (SSSR count). The first kappa shape index (κ1) is 12.8. The fourth-order valence-electron chi connectivity index (χ4n) is 1.77. The molecule has 1 aliphatic heterocycles. The Morgan fingerprint density at radius 2 is 2.44 bits per heavy atom. The van der Waals surface area contributed by atoms with Crippen LogP contribution in [0.25, 0.3) is 0 Å². The second-order valence-corrected chi connectivity index (χ2v) is 4.80. The van der Waals surface area contributed by atoms with Crippen molar-refractivity contribution in [3.05, 3.63) is 16.7 Å². The minimum atomic E-state index is -1.05. The second kappa shape index (κ2) is 4.93. The average Bonchev–Trinajstić information content (AvgIpc) is 2.31. The van der Waals surface area contributed by atoms with E-state index in [0.29, 0.717) is 22.5 Å². The molecule has 96 valence electrons. The Hall–Kier alpha value is -1.63. The van der Waals surface area contributed by atoms with Crippen LogP contribution in [0.3, 0.4) is 0 Å². The predicted molar refractivity (Wildman–Crippen MR) is 66.4 cm³/mol. The summed E-state index contributed by atoms with van der Waals surface area (Å²) in [5.41, 5.74) is 0. The van der Waals surface area contributed by atoms with Crippen LogP contribution < -0.4 is 10.1 Å². The van der Waals surface area contributed by atoms with E-state index in [1.54, 1.807) is 13.0 Å². The summed E-state index contributed by atoms with van der Waals surface area (Å²) < 4.78 is 6.15. The van der Waals surface area contributed by atoms with Crippen LogP contribution in [0.15, 0.2) is 16.7 Å². The molecule has 6 nitrogen and oxygen atoms in total. The van der Waals surface area contributed by atoms with E-state index in [9.17, 15) is 9.59 Å². The van der Waals surface area contributed by atoms with Crippen molar-refractivity contribution in [1.82, 2.24) is 4.98 Å². The molecular weight excluding hydrogens is 304 g/mol. The molecule has 2 heterocycles. The number of fused-ring (bicyclic) bond motifs is 1. The van der Waals surface area contributed by atoms with Crippen molar-refractivity contribution in [3.63, 3.8) is 0 Å². The van der Waals surface area contributed by atoms with E-state index in [0.717, 1.165) is 0 Å². The molecule has 2 atom stereocenters. The van der Waals surface area contributed by atoms with Crippen molar-refractivity contribution in [2.24, 2.45) is 5.92 Å². The van der Waals surface area contributed by atoms with Crippen molar-refractivity contribution in [2.45, 2.75) is 19.4 Å². The lowest BCUT2D eigenvalue weighted by Crippen LogP contribution is -2.45. The summed E-state index contributed by atoms with van der Waals surface area (Å²) >= 11 is 3.24. The normalized spacial score (nSPS) is 19.4. The van der Waals surface area contributed by atoms with Gasteiger partial charge in [0, 0.05) is 10.7 Å². The first-order chi connectivity index (χ1) is 8.52. The number of carboxylic acids is 1. The third-order valence-electron chi connectivity index (χ3n) is 2.70. The average molecular weight is 315 g/mol. The number of anilines is 1. The molecule has 7 heteroatoms. The highest BCUT2D eigenvalue weighted by molar-refractivity contribution is 9.10. The summed E-state index contributed by atoms with van der Waals surface area (Å²) in [5, 5.41) is 11.6. The van der Waals surface area contributed by atoms with Crippen LogP contribution in [0.1, 0.15) is 13.3 Å². The van der Waals surface area contributed by atoms with Crippen molar-refractivity contribution in [3.8, 4) is 5.75 Å². The molecule has 0 radical (unpaired) electrons. The van der Waals surface area contributed by atoms with Gasteiger partial charge in [0.1, 0.15) is 5.92 Å². The second-order valence-electron chi connectivity index (χ2n) is 3.88. The number of carbonyl (C=O) groups is 2. The van der Waals surface area contributed by atoms with Crippen LogP contribution >= 0.6 is 15.9 Å². The van der Waals surface area contributed by atoms with Crippen LogP contribution in [0, 0.1) is 5.92 Å². The first-order valence-electron chi connectivity index (χ1n) is 5.38. The number of hydrogen-bond acceptors (Lipinski definition) is 4. The number of carboxylic acid groups (broad SMARTS) is 1. The van der Waals surface area contributed by atoms with E-state index >= 15 is 0 Å². The van der Waals surface area contributed by atoms with Crippen LogP contribution in [-0.4, -0.2) is 28.1 Å². The number of nitrogens with one attached hydrogen (secondary N) is 1. The van der Waals surface area contributed by atoms with Gasteiger partial charge in [-0.2, -0.15) is 0 Å². The zero-order valence-corrected chi connectivity index (χ0v) is 11.1. The summed E-state index contributed by atoms with van der Waals surface area (Å²) in [6.07, 6.45) is 0.803. The number of nitrogens with zero attached hydrogens (tertiary/aromatic N) is 1. The minimum absolute atomic E-state index is 0.305. The molecule has 2 unspecified atom stereocenters. The standard InChI is InChI=1S/C11H11BrN2O4/c1-2-6(11(16)17)8-10(15)14-9-7(18-8)3-5(12)4-13-9/h3-4,6,8H,2H2,1H3,(H,16,17)(H,13,14,15). The summed E-state index contributed by atoms with van der Waals surface area (Å²) in [4.78, 5) is 26.8. The van der Waals surface area contributed by atoms with Crippen molar-refractivity contribution in [1.29, 1.82) is 0 Å². The molecule has 0 aliphatic carbocycles. The molecule has 1 aromatic rings. The molecule has 1 aromatic heterocycles. The van der Waals surface area contributed by atoms with Gasteiger partial charge >= 0.3 is 5.97 Å². The van der Waals surface area contributed by atoms with Gasteiger partial charge in [-0.15, -0.1) is 0 Å². The van der Waals surface area contributed by atoms with Crippen LogP contribution in [0.4, 0.5) is 5.82 Å². The number of halogens is 1. The topological polar surface area (TPSA) is 88.5 Å². The Labute approximate surface area is 111 Å². The number of carbonyl (C=O) groups excluding carboxylic acids is 1. The van der Waals surface area contributed by atoms with Crippen molar-refractivity contribution < 1.29 is 19.4 Å². The van der Waals surface area contributed by atoms with E-state index in [4.69, 9.17) is 9.84 Å². The molecule has 0 spiro atoms. The third-order valence-corrected chi connectivity index (χ3v) is 3.13. The predicted octanol–water partition coefficient (Wildman–Crippen LogP) is 1.65. The van der Waals surface area contributed by atoms with Crippen LogP contribution in [0.5, 0.6) is 5.75 Å². The van der Waals surface area contributed by atoms with E-state index in [-0.39, 0.29) is 0 Å². The van der Waals surface area contributed by atoms with Crippen LogP contribution in [-0.2, 0) is 9.59 Å². The third kappa shape index (κ3) is 2.31. The SMILES string of the molecule is CCC(C(=O)O)C1Oc2cc(Br)cnc2NC1=O. The van der Waals surface area contributed by atoms with Crippen molar-refractivity contribution >= 4 is 33.6 Å². The number of pyridine rings is 1. The summed E-state index contributed by atoms with van der Waals surface area (Å²) in [6, 6.07) is 1.64. The number of aromatic nitrogens is 1. The highest BCUT2D eigenvalue weighted by Gasteiger charge is 2.38. The van der Waals surface area contributed by atoms with Gasteiger partial charge in [0.2, 0.25) is 0 Å². The maximum absolute atomic E-state index is 11.8. The van der Waals surface area contributed by atoms with Crippen molar-refractivity contribution in [2.75, 3.05) is 5.32 Å². The Morgan fingerprint density at radius 3 is 3.06 bits per heavy atom. The van der Waals surface area contributed by atoms with E-state index in [2.05, 4.69) is 26.2 Å². The molecule has 0 saturated heterocycles. The minimum Gasteiger partial charge on any atom is -0.481 e. The fourth-order valence-corrected chi connectivity index (χ4v) is 2.08. The van der Waals surface area contributed by atoms with E-state index < -0.39 is 23.9 Å². The van der Waals surface area contributed by atoms with Gasteiger partial charge < -0.3 is 15.2 Å². The maximum Gasteiger partial charge on any atom is 0.310 e. The summed E-state index contributed by atoms with van der Waals surface area (Å²) in [6.45, 7) is 1.70. The Morgan fingerprint density at radius 1 is 1.72 bits per heavy atom. The lowest BCUT2D eigenvalue weighted by atomic mass is 9.98. The monoisotopic (exact) mass is 314 g/mol. The number of hydrogen-bond donors (Lipinski definition) is 2. The van der Waals surface area contributed by atoms with Gasteiger partial charge in [0.25, 0.3) is 5.91 Å². The lowest BCUT2D eigenvalue weighted by Gasteiger charge is -2.28. The number of rotatable bonds is 3. The maximum atomic E-state index is 11.8.